The summed E-state index contributed by atoms with van der Waals surface area (Å²) in [5.74, 6) is -0.531. The Balaban J connectivity index is 2.10. The summed E-state index contributed by atoms with van der Waals surface area (Å²) < 4.78 is 22.1. The second-order valence-corrected chi connectivity index (χ2v) is 7.35. The molecule has 0 bridgehead atoms. The van der Waals surface area contributed by atoms with Crippen molar-refractivity contribution in [3.63, 3.8) is 0 Å². The van der Waals surface area contributed by atoms with E-state index in [1.807, 2.05) is 0 Å². The Hall–Kier alpha value is -1.89. The van der Waals surface area contributed by atoms with Crippen LogP contribution in [0.25, 0.3) is 0 Å². The van der Waals surface area contributed by atoms with Crippen LogP contribution in [0.5, 0.6) is 0 Å². The van der Waals surface area contributed by atoms with Gasteiger partial charge in [0.2, 0.25) is 11.8 Å². The summed E-state index contributed by atoms with van der Waals surface area (Å²) in [6.07, 6.45) is 2.31. The topological polar surface area (TPSA) is 83.6 Å². The Labute approximate surface area is 124 Å². The molecule has 1 saturated heterocycles. The number of carbonyl (C=O) groups excluding carboxylic acids is 2. The molecule has 0 aliphatic carbocycles. The van der Waals surface area contributed by atoms with Gasteiger partial charge in [0, 0.05) is 25.6 Å². The summed E-state index contributed by atoms with van der Waals surface area (Å²) in [6, 6.07) is 7.04. The Morgan fingerprint density at radius 2 is 2.05 bits per heavy atom. The Morgan fingerprint density at radius 1 is 1.33 bits per heavy atom. The third-order valence-electron chi connectivity index (χ3n) is 3.24. The lowest BCUT2D eigenvalue weighted by Gasteiger charge is -2.19. The number of benzene rings is 1. The molecule has 1 aliphatic heterocycles. The third-order valence-corrected chi connectivity index (χ3v) is 4.19. The van der Waals surface area contributed by atoms with Crippen LogP contribution in [0.15, 0.2) is 24.3 Å². The van der Waals surface area contributed by atoms with E-state index in [4.69, 9.17) is 0 Å². The summed E-state index contributed by atoms with van der Waals surface area (Å²) in [7, 11) is -3.17. The molecule has 0 saturated carbocycles. The van der Waals surface area contributed by atoms with Gasteiger partial charge in [-0.05, 0) is 18.6 Å². The highest BCUT2D eigenvalue weighted by molar-refractivity contribution is 7.90. The zero-order valence-corrected chi connectivity index (χ0v) is 12.6. The van der Waals surface area contributed by atoms with Crippen molar-refractivity contribution in [2.75, 3.05) is 28.8 Å². The number of sulfone groups is 1. The molecule has 0 aromatic heterocycles. The molecule has 0 unspecified atom stereocenters. The lowest BCUT2D eigenvalue weighted by Crippen LogP contribution is -2.26. The summed E-state index contributed by atoms with van der Waals surface area (Å²) >= 11 is 0. The summed E-state index contributed by atoms with van der Waals surface area (Å²) in [4.78, 5) is 25.3. The van der Waals surface area contributed by atoms with Crippen molar-refractivity contribution in [2.45, 2.75) is 19.3 Å². The predicted octanol–water partition coefficient (Wildman–Crippen LogP) is 1.19. The van der Waals surface area contributed by atoms with E-state index in [0.717, 1.165) is 12.7 Å². The van der Waals surface area contributed by atoms with Crippen LogP contribution in [-0.4, -0.2) is 38.8 Å². The van der Waals surface area contributed by atoms with Crippen LogP contribution < -0.4 is 10.2 Å². The van der Waals surface area contributed by atoms with Crippen LogP contribution in [-0.2, 0) is 19.4 Å². The minimum Gasteiger partial charge on any atom is -0.324 e. The fourth-order valence-corrected chi connectivity index (χ4v) is 2.76. The monoisotopic (exact) mass is 310 g/mol. The molecular weight excluding hydrogens is 292 g/mol. The van der Waals surface area contributed by atoms with Gasteiger partial charge in [0.15, 0.2) is 0 Å². The van der Waals surface area contributed by atoms with Crippen LogP contribution in [0.1, 0.15) is 19.3 Å². The van der Waals surface area contributed by atoms with Gasteiger partial charge >= 0.3 is 0 Å². The van der Waals surface area contributed by atoms with Gasteiger partial charge in [-0.25, -0.2) is 8.42 Å². The van der Waals surface area contributed by atoms with Crippen molar-refractivity contribution < 1.29 is 18.0 Å². The van der Waals surface area contributed by atoms with Crippen LogP contribution >= 0.6 is 0 Å². The lowest BCUT2D eigenvalue weighted by atomic mass is 10.2. The van der Waals surface area contributed by atoms with E-state index in [-0.39, 0.29) is 24.0 Å². The van der Waals surface area contributed by atoms with Gasteiger partial charge in [-0.3, -0.25) is 9.59 Å². The molecule has 1 N–H and O–H groups in total. The van der Waals surface area contributed by atoms with Crippen LogP contribution in [0, 0.1) is 0 Å². The van der Waals surface area contributed by atoms with Gasteiger partial charge in [0.1, 0.15) is 9.84 Å². The first-order valence-corrected chi connectivity index (χ1v) is 8.80. The highest BCUT2D eigenvalue weighted by Gasteiger charge is 2.24. The second kappa shape index (κ2) is 6.26. The van der Waals surface area contributed by atoms with E-state index in [2.05, 4.69) is 5.32 Å². The summed E-state index contributed by atoms with van der Waals surface area (Å²) in [6.45, 7) is 0.634. The number of nitrogens with zero attached hydrogens (tertiary/aromatic N) is 1. The normalized spacial score (nSPS) is 15.3. The quantitative estimate of drug-likeness (QED) is 0.885. The van der Waals surface area contributed by atoms with Crippen molar-refractivity contribution in [1.29, 1.82) is 0 Å². The SMILES string of the molecule is CS(=O)(=O)CCC(=O)Nc1ccccc1N1CCCC1=O. The molecule has 1 aromatic carbocycles. The van der Waals surface area contributed by atoms with Crippen molar-refractivity contribution in [3.8, 4) is 0 Å². The molecule has 2 amide bonds. The van der Waals surface area contributed by atoms with Gasteiger partial charge in [-0.15, -0.1) is 0 Å². The maximum Gasteiger partial charge on any atom is 0.227 e. The van der Waals surface area contributed by atoms with Gasteiger partial charge in [-0.2, -0.15) is 0 Å². The molecule has 0 spiro atoms. The maximum absolute atomic E-state index is 11.8. The first-order chi connectivity index (χ1) is 9.87. The molecule has 0 radical (unpaired) electrons. The number of amides is 2. The Bertz CT molecular complexity index is 655. The molecule has 1 aromatic rings. The fourth-order valence-electron chi connectivity index (χ4n) is 2.21. The fraction of sp³-hybridized carbons (Fsp3) is 0.429. The zero-order chi connectivity index (χ0) is 15.5. The molecule has 21 heavy (non-hydrogen) atoms. The van der Waals surface area contributed by atoms with Crippen LogP contribution in [0.3, 0.4) is 0 Å². The average Bonchev–Trinajstić information content (AvgIpc) is 2.82. The second-order valence-electron chi connectivity index (χ2n) is 5.09. The van der Waals surface area contributed by atoms with Crippen molar-refractivity contribution in [2.24, 2.45) is 0 Å². The number of hydrogen-bond donors (Lipinski definition) is 1. The van der Waals surface area contributed by atoms with Crippen molar-refractivity contribution >= 4 is 33.0 Å². The van der Waals surface area contributed by atoms with Crippen LogP contribution in [0.4, 0.5) is 11.4 Å². The van der Waals surface area contributed by atoms with E-state index in [1.54, 1.807) is 29.2 Å². The zero-order valence-electron chi connectivity index (χ0n) is 11.8. The number of hydrogen-bond acceptors (Lipinski definition) is 4. The molecule has 2 rings (SSSR count). The molecule has 114 valence electrons. The average molecular weight is 310 g/mol. The van der Waals surface area contributed by atoms with E-state index < -0.39 is 9.84 Å². The molecule has 1 heterocycles. The van der Waals surface area contributed by atoms with Crippen molar-refractivity contribution in [3.05, 3.63) is 24.3 Å². The number of nitrogens with one attached hydrogen (secondary N) is 1. The molecule has 6 nitrogen and oxygen atoms in total. The minimum atomic E-state index is -3.17. The molecule has 1 aliphatic rings. The third kappa shape index (κ3) is 4.29. The highest BCUT2D eigenvalue weighted by atomic mass is 32.2. The number of rotatable bonds is 5. The lowest BCUT2D eigenvalue weighted by molar-refractivity contribution is -0.117. The summed E-state index contributed by atoms with van der Waals surface area (Å²) in [5.41, 5.74) is 1.19. The van der Waals surface area contributed by atoms with E-state index in [9.17, 15) is 18.0 Å². The first kappa shape index (κ1) is 15.5. The van der Waals surface area contributed by atoms with Crippen molar-refractivity contribution in [1.82, 2.24) is 0 Å². The number of para-hydroxylation sites is 2. The molecule has 7 heteroatoms. The Kier molecular flexibility index (Phi) is 4.62. The maximum atomic E-state index is 11.8. The smallest absolute Gasteiger partial charge is 0.227 e. The Morgan fingerprint density at radius 3 is 2.67 bits per heavy atom. The van der Waals surface area contributed by atoms with E-state index in [0.29, 0.717) is 24.3 Å². The molecule has 1 fully saturated rings. The molecular formula is C14H18N2O4S. The van der Waals surface area contributed by atoms with Gasteiger partial charge in [0.05, 0.1) is 17.1 Å². The largest absolute Gasteiger partial charge is 0.324 e. The standard InChI is InChI=1S/C14H18N2O4S/c1-21(19,20)10-8-13(17)15-11-5-2-3-6-12(11)16-9-4-7-14(16)18/h2-3,5-6H,4,7-10H2,1H3,(H,15,17). The highest BCUT2D eigenvalue weighted by Crippen LogP contribution is 2.29. The number of anilines is 2. The number of carbonyl (C=O) groups is 2. The van der Waals surface area contributed by atoms with Crippen LogP contribution in [0.2, 0.25) is 0 Å². The van der Waals surface area contributed by atoms with E-state index >= 15 is 0 Å². The van der Waals surface area contributed by atoms with E-state index in [1.165, 1.54) is 0 Å². The molecule has 0 atom stereocenters. The minimum absolute atomic E-state index is 0.0350. The predicted molar refractivity (Wildman–Crippen MR) is 81.0 cm³/mol. The first-order valence-electron chi connectivity index (χ1n) is 6.74. The van der Waals surface area contributed by atoms with Gasteiger partial charge < -0.3 is 10.2 Å². The van der Waals surface area contributed by atoms with Gasteiger partial charge in [0.25, 0.3) is 0 Å². The summed E-state index contributed by atoms with van der Waals surface area (Å²) in [5, 5.41) is 2.68. The van der Waals surface area contributed by atoms with Gasteiger partial charge in [-0.1, -0.05) is 12.1 Å².